The van der Waals surface area contributed by atoms with Crippen LogP contribution in [0.25, 0.3) is 0 Å². The van der Waals surface area contributed by atoms with Gasteiger partial charge < -0.3 is 10.0 Å². The SMILES string of the molecule is O=C(O)CC1=CC(=O)C[C@H](CC2CCC(=O)N2Cc2ccccc2)C1. The smallest absolute Gasteiger partial charge is 0.307 e. The largest absolute Gasteiger partial charge is 0.481 e. The summed E-state index contributed by atoms with van der Waals surface area (Å²) in [5.41, 5.74) is 1.81. The van der Waals surface area contributed by atoms with Gasteiger partial charge in [-0.15, -0.1) is 0 Å². The third-order valence-electron chi connectivity index (χ3n) is 5.04. The molecule has 132 valence electrons. The van der Waals surface area contributed by atoms with Crippen LogP contribution in [-0.2, 0) is 20.9 Å². The molecule has 1 amide bonds. The number of rotatable bonds is 6. The van der Waals surface area contributed by atoms with E-state index in [4.69, 9.17) is 5.11 Å². The maximum absolute atomic E-state index is 12.3. The van der Waals surface area contributed by atoms with Gasteiger partial charge in [-0.05, 0) is 36.8 Å². The number of hydrogen-bond donors (Lipinski definition) is 1. The highest BCUT2D eigenvalue weighted by Gasteiger charge is 2.34. The van der Waals surface area contributed by atoms with E-state index in [-0.39, 0.29) is 30.1 Å². The molecular formula is C20H23NO4. The molecule has 1 fully saturated rings. The van der Waals surface area contributed by atoms with Gasteiger partial charge in [0.05, 0.1) is 6.42 Å². The van der Waals surface area contributed by atoms with Gasteiger partial charge in [-0.2, -0.15) is 0 Å². The van der Waals surface area contributed by atoms with Crippen molar-refractivity contribution >= 4 is 17.7 Å². The summed E-state index contributed by atoms with van der Waals surface area (Å²) < 4.78 is 0. The third kappa shape index (κ3) is 4.56. The molecule has 0 bridgehead atoms. The highest BCUT2D eigenvalue weighted by atomic mass is 16.4. The molecule has 2 aliphatic rings. The lowest BCUT2D eigenvalue weighted by Gasteiger charge is -2.30. The highest BCUT2D eigenvalue weighted by molar-refractivity contribution is 5.92. The van der Waals surface area contributed by atoms with E-state index < -0.39 is 5.97 Å². The summed E-state index contributed by atoms with van der Waals surface area (Å²) in [6, 6.07) is 10.0. The fraction of sp³-hybridized carbons (Fsp3) is 0.450. The third-order valence-corrected chi connectivity index (χ3v) is 5.04. The number of ketones is 1. The van der Waals surface area contributed by atoms with E-state index in [2.05, 4.69) is 0 Å². The predicted molar refractivity (Wildman–Crippen MR) is 92.7 cm³/mol. The Morgan fingerprint density at radius 2 is 1.92 bits per heavy atom. The number of likely N-dealkylation sites (tertiary alicyclic amines) is 1. The number of allylic oxidation sites excluding steroid dienone is 1. The molecule has 5 heteroatoms. The molecule has 25 heavy (non-hydrogen) atoms. The minimum absolute atomic E-state index is 0.00596. The van der Waals surface area contributed by atoms with Crippen LogP contribution in [0.4, 0.5) is 0 Å². The van der Waals surface area contributed by atoms with Gasteiger partial charge in [-0.25, -0.2) is 0 Å². The highest BCUT2D eigenvalue weighted by Crippen LogP contribution is 2.33. The van der Waals surface area contributed by atoms with Crippen LogP contribution in [0, 0.1) is 5.92 Å². The van der Waals surface area contributed by atoms with Crippen molar-refractivity contribution in [1.29, 1.82) is 0 Å². The Bertz CT molecular complexity index is 695. The Labute approximate surface area is 147 Å². The summed E-state index contributed by atoms with van der Waals surface area (Å²) in [6.45, 7) is 0.600. The number of amides is 1. The molecule has 3 rings (SSSR count). The quantitative estimate of drug-likeness (QED) is 0.863. The lowest BCUT2D eigenvalue weighted by Crippen LogP contribution is -2.34. The molecule has 0 saturated carbocycles. The molecule has 0 aromatic heterocycles. The normalized spacial score (nSPS) is 23.7. The standard InChI is InChI=1S/C20H23NO4/c22-18-10-15(8-16(11-18)12-20(24)25)9-17-6-7-19(23)21(17)13-14-4-2-1-3-5-14/h1-5,11,15,17H,6-10,12-13H2,(H,24,25)/t15-,17?/m0/s1. The van der Waals surface area contributed by atoms with E-state index in [0.717, 1.165) is 18.4 Å². The first-order valence-corrected chi connectivity index (χ1v) is 8.78. The van der Waals surface area contributed by atoms with Gasteiger partial charge in [0.25, 0.3) is 0 Å². The summed E-state index contributed by atoms with van der Waals surface area (Å²) in [4.78, 5) is 37.0. The van der Waals surface area contributed by atoms with Crippen LogP contribution < -0.4 is 0 Å². The lowest BCUT2D eigenvalue weighted by molar-refractivity contribution is -0.136. The Morgan fingerprint density at radius 1 is 1.16 bits per heavy atom. The van der Waals surface area contributed by atoms with Crippen LogP contribution in [0.5, 0.6) is 0 Å². The lowest BCUT2D eigenvalue weighted by atomic mass is 9.82. The van der Waals surface area contributed by atoms with Gasteiger partial charge in [0.2, 0.25) is 5.91 Å². The second-order valence-corrected chi connectivity index (χ2v) is 7.05. The van der Waals surface area contributed by atoms with Gasteiger partial charge in [-0.1, -0.05) is 35.9 Å². The van der Waals surface area contributed by atoms with Gasteiger partial charge in [0, 0.05) is 25.4 Å². The number of aliphatic carboxylic acids is 1. The van der Waals surface area contributed by atoms with Gasteiger partial charge >= 0.3 is 5.97 Å². The van der Waals surface area contributed by atoms with Crippen LogP contribution in [0.15, 0.2) is 42.0 Å². The Balaban J connectivity index is 1.65. The zero-order valence-electron chi connectivity index (χ0n) is 14.2. The molecule has 1 aliphatic carbocycles. The predicted octanol–water partition coefficient (Wildman–Crippen LogP) is 2.95. The number of carboxylic acids is 1. The first-order chi connectivity index (χ1) is 12.0. The molecule has 1 heterocycles. The van der Waals surface area contributed by atoms with Crippen molar-refractivity contribution in [2.24, 2.45) is 5.92 Å². The number of carbonyl (C=O) groups is 3. The Morgan fingerprint density at radius 3 is 2.64 bits per heavy atom. The fourth-order valence-electron chi connectivity index (χ4n) is 3.98. The van der Waals surface area contributed by atoms with E-state index >= 15 is 0 Å². The fourth-order valence-corrected chi connectivity index (χ4v) is 3.98. The van der Waals surface area contributed by atoms with Crippen LogP contribution in [0.3, 0.4) is 0 Å². The van der Waals surface area contributed by atoms with Crippen molar-refractivity contribution in [3.63, 3.8) is 0 Å². The number of carbonyl (C=O) groups excluding carboxylic acids is 2. The number of hydrogen-bond acceptors (Lipinski definition) is 3. The molecule has 0 spiro atoms. The molecule has 5 nitrogen and oxygen atoms in total. The average Bonchev–Trinajstić information content (AvgIpc) is 2.88. The van der Waals surface area contributed by atoms with Crippen molar-refractivity contribution < 1.29 is 19.5 Å². The minimum atomic E-state index is -0.901. The summed E-state index contributed by atoms with van der Waals surface area (Å²) in [5, 5.41) is 8.96. The van der Waals surface area contributed by atoms with Gasteiger partial charge in [-0.3, -0.25) is 14.4 Å². The van der Waals surface area contributed by atoms with Crippen molar-refractivity contribution in [2.45, 2.75) is 51.1 Å². The molecule has 1 N–H and O–H groups in total. The second kappa shape index (κ2) is 7.64. The molecule has 1 aromatic rings. The second-order valence-electron chi connectivity index (χ2n) is 7.05. The first kappa shape index (κ1) is 17.4. The van der Waals surface area contributed by atoms with E-state index in [1.54, 1.807) is 0 Å². The Hall–Kier alpha value is -2.43. The van der Waals surface area contributed by atoms with E-state index in [1.165, 1.54) is 6.08 Å². The molecule has 2 atom stereocenters. The first-order valence-electron chi connectivity index (χ1n) is 8.78. The van der Waals surface area contributed by atoms with Crippen LogP contribution in [-0.4, -0.2) is 33.7 Å². The minimum Gasteiger partial charge on any atom is -0.481 e. The van der Waals surface area contributed by atoms with E-state index in [9.17, 15) is 14.4 Å². The molecule has 1 unspecified atom stereocenters. The van der Waals surface area contributed by atoms with Crippen LogP contribution >= 0.6 is 0 Å². The summed E-state index contributed by atoms with van der Waals surface area (Å²) in [7, 11) is 0. The summed E-state index contributed by atoms with van der Waals surface area (Å²) in [6.07, 6.45) is 4.65. The number of carboxylic acid groups (broad SMARTS) is 1. The van der Waals surface area contributed by atoms with Crippen molar-refractivity contribution in [2.75, 3.05) is 0 Å². The van der Waals surface area contributed by atoms with Crippen LogP contribution in [0.1, 0.15) is 44.1 Å². The topological polar surface area (TPSA) is 74.7 Å². The number of nitrogens with zero attached hydrogens (tertiary/aromatic N) is 1. The van der Waals surface area contributed by atoms with Crippen molar-refractivity contribution in [3.8, 4) is 0 Å². The summed E-state index contributed by atoms with van der Waals surface area (Å²) in [5.74, 6) is -0.605. The number of benzene rings is 1. The van der Waals surface area contributed by atoms with Gasteiger partial charge in [0.15, 0.2) is 5.78 Å². The Kier molecular flexibility index (Phi) is 5.31. The average molecular weight is 341 g/mol. The van der Waals surface area contributed by atoms with Gasteiger partial charge in [0.1, 0.15) is 0 Å². The summed E-state index contributed by atoms with van der Waals surface area (Å²) >= 11 is 0. The zero-order chi connectivity index (χ0) is 17.8. The molecule has 0 radical (unpaired) electrons. The monoisotopic (exact) mass is 341 g/mol. The van der Waals surface area contributed by atoms with Crippen molar-refractivity contribution in [1.82, 2.24) is 4.90 Å². The van der Waals surface area contributed by atoms with Crippen molar-refractivity contribution in [3.05, 3.63) is 47.5 Å². The molecular weight excluding hydrogens is 318 g/mol. The maximum Gasteiger partial charge on any atom is 0.307 e. The van der Waals surface area contributed by atoms with Crippen LogP contribution in [0.2, 0.25) is 0 Å². The molecule has 1 aromatic carbocycles. The van der Waals surface area contributed by atoms with E-state index in [1.807, 2.05) is 35.2 Å². The maximum atomic E-state index is 12.3. The molecule has 1 aliphatic heterocycles. The zero-order valence-corrected chi connectivity index (χ0v) is 14.2. The molecule has 1 saturated heterocycles. The van der Waals surface area contributed by atoms with E-state index in [0.29, 0.717) is 31.4 Å².